The number of nitroso groups, excluding NO2 is 1. The van der Waals surface area contributed by atoms with Gasteiger partial charge in [-0.2, -0.15) is 0 Å². The molecule has 7 heteroatoms. The molecule has 18 heavy (non-hydrogen) atoms. The monoisotopic (exact) mass is 248 g/mol. The average Bonchev–Trinajstić information content (AvgIpc) is 2.66. The SMILES string of the molecule is O=Nc1ccc2c(c1)cc(C(=O)O)n2CC(=O)O. The Morgan fingerprint density at radius 3 is 2.50 bits per heavy atom. The van der Waals surface area contributed by atoms with Gasteiger partial charge in [-0.05, 0) is 29.4 Å². The number of aliphatic carboxylic acids is 1. The molecule has 1 aromatic heterocycles. The highest BCUT2D eigenvalue weighted by molar-refractivity contribution is 5.96. The second kappa shape index (κ2) is 4.28. The molecule has 0 unspecified atom stereocenters. The number of benzene rings is 1. The number of rotatable bonds is 4. The van der Waals surface area contributed by atoms with Gasteiger partial charge in [0.1, 0.15) is 17.9 Å². The Morgan fingerprint density at radius 2 is 1.94 bits per heavy atom. The van der Waals surface area contributed by atoms with Crippen molar-refractivity contribution in [3.8, 4) is 0 Å². The molecular weight excluding hydrogens is 240 g/mol. The van der Waals surface area contributed by atoms with E-state index in [1.807, 2.05) is 0 Å². The van der Waals surface area contributed by atoms with E-state index in [-0.39, 0.29) is 11.4 Å². The number of fused-ring (bicyclic) bond motifs is 1. The van der Waals surface area contributed by atoms with Crippen LogP contribution in [0.2, 0.25) is 0 Å². The van der Waals surface area contributed by atoms with E-state index in [1.165, 1.54) is 24.3 Å². The van der Waals surface area contributed by atoms with Crippen molar-refractivity contribution in [3.05, 3.63) is 34.9 Å². The zero-order valence-corrected chi connectivity index (χ0v) is 9.03. The Balaban J connectivity index is 2.70. The summed E-state index contributed by atoms with van der Waals surface area (Å²) >= 11 is 0. The third-order valence-corrected chi connectivity index (χ3v) is 2.50. The molecule has 0 aliphatic carbocycles. The normalized spacial score (nSPS) is 10.4. The van der Waals surface area contributed by atoms with Crippen molar-refractivity contribution in [2.45, 2.75) is 6.54 Å². The fraction of sp³-hybridized carbons (Fsp3) is 0.0909. The number of carboxylic acid groups (broad SMARTS) is 2. The van der Waals surface area contributed by atoms with E-state index in [9.17, 15) is 14.5 Å². The first-order valence-electron chi connectivity index (χ1n) is 4.94. The average molecular weight is 248 g/mol. The van der Waals surface area contributed by atoms with Crippen molar-refractivity contribution in [2.75, 3.05) is 0 Å². The van der Waals surface area contributed by atoms with Crippen molar-refractivity contribution in [1.82, 2.24) is 4.57 Å². The van der Waals surface area contributed by atoms with Gasteiger partial charge >= 0.3 is 11.9 Å². The fourth-order valence-electron chi connectivity index (χ4n) is 1.80. The van der Waals surface area contributed by atoms with E-state index >= 15 is 0 Å². The largest absolute Gasteiger partial charge is 0.480 e. The Kier molecular flexibility index (Phi) is 2.80. The predicted molar refractivity (Wildman–Crippen MR) is 62.0 cm³/mol. The molecule has 2 rings (SSSR count). The van der Waals surface area contributed by atoms with Crippen LogP contribution in [0.5, 0.6) is 0 Å². The molecule has 0 aliphatic heterocycles. The molecule has 1 aromatic carbocycles. The van der Waals surface area contributed by atoms with Crippen molar-refractivity contribution in [3.63, 3.8) is 0 Å². The summed E-state index contributed by atoms with van der Waals surface area (Å²) in [5.41, 5.74) is 0.449. The van der Waals surface area contributed by atoms with Crippen molar-refractivity contribution < 1.29 is 19.8 Å². The van der Waals surface area contributed by atoms with E-state index in [1.54, 1.807) is 0 Å². The van der Waals surface area contributed by atoms with Crippen LogP contribution in [0.1, 0.15) is 10.5 Å². The Morgan fingerprint density at radius 1 is 1.22 bits per heavy atom. The number of carboxylic acids is 2. The highest BCUT2D eigenvalue weighted by Gasteiger charge is 2.16. The summed E-state index contributed by atoms with van der Waals surface area (Å²) in [7, 11) is 0. The van der Waals surface area contributed by atoms with Gasteiger partial charge in [-0.25, -0.2) is 4.79 Å². The van der Waals surface area contributed by atoms with Crippen LogP contribution < -0.4 is 0 Å². The lowest BCUT2D eigenvalue weighted by Gasteiger charge is -2.04. The molecule has 2 N–H and O–H groups in total. The van der Waals surface area contributed by atoms with Gasteiger partial charge in [-0.3, -0.25) is 4.79 Å². The molecule has 0 saturated heterocycles. The minimum atomic E-state index is -1.23. The molecule has 7 nitrogen and oxygen atoms in total. The minimum Gasteiger partial charge on any atom is -0.480 e. The molecule has 0 aliphatic rings. The smallest absolute Gasteiger partial charge is 0.352 e. The van der Waals surface area contributed by atoms with Crippen LogP contribution in [0.4, 0.5) is 5.69 Å². The topological polar surface area (TPSA) is 109 Å². The first-order valence-corrected chi connectivity index (χ1v) is 4.94. The maximum absolute atomic E-state index is 11.0. The van der Waals surface area contributed by atoms with Gasteiger partial charge in [0, 0.05) is 10.9 Å². The predicted octanol–water partition coefficient (Wildman–Crippen LogP) is 1.82. The quantitative estimate of drug-likeness (QED) is 0.802. The molecule has 0 spiro atoms. The molecule has 92 valence electrons. The molecule has 0 saturated carbocycles. The summed E-state index contributed by atoms with van der Waals surface area (Å²) in [4.78, 5) is 32.1. The van der Waals surface area contributed by atoms with Crippen LogP contribution >= 0.6 is 0 Å². The highest BCUT2D eigenvalue weighted by atomic mass is 16.4. The van der Waals surface area contributed by atoms with Gasteiger partial charge in [0.2, 0.25) is 0 Å². The summed E-state index contributed by atoms with van der Waals surface area (Å²) in [6.07, 6.45) is 0. The molecule has 2 aromatic rings. The van der Waals surface area contributed by atoms with Gasteiger partial charge < -0.3 is 14.8 Å². The second-order valence-corrected chi connectivity index (χ2v) is 3.65. The van der Waals surface area contributed by atoms with Crippen LogP contribution in [-0.2, 0) is 11.3 Å². The summed E-state index contributed by atoms with van der Waals surface area (Å²) in [5, 5.41) is 21.0. The number of nitrogens with zero attached hydrogens (tertiary/aromatic N) is 2. The van der Waals surface area contributed by atoms with Gasteiger partial charge in [-0.15, -0.1) is 4.91 Å². The van der Waals surface area contributed by atoms with Crippen LogP contribution in [0, 0.1) is 4.91 Å². The summed E-state index contributed by atoms with van der Waals surface area (Å²) in [5.74, 6) is -2.37. The van der Waals surface area contributed by atoms with Crippen molar-refractivity contribution in [2.24, 2.45) is 5.18 Å². The standard InChI is InChI=1S/C11H8N2O5/c14-10(15)5-13-8-2-1-7(12-18)3-6(8)4-9(13)11(16)17/h1-4H,5H2,(H,14,15)(H,16,17). The van der Waals surface area contributed by atoms with Gasteiger partial charge in [-0.1, -0.05) is 0 Å². The first kappa shape index (κ1) is 11.8. The molecule has 0 bridgehead atoms. The van der Waals surface area contributed by atoms with Crippen LogP contribution in [-0.4, -0.2) is 26.7 Å². The van der Waals surface area contributed by atoms with E-state index < -0.39 is 18.5 Å². The maximum atomic E-state index is 11.0. The van der Waals surface area contributed by atoms with Crippen LogP contribution in [0.25, 0.3) is 10.9 Å². The number of aromatic carboxylic acids is 1. The molecule has 0 radical (unpaired) electrons. The zero-order valence-electron chi connectivity index (χ0n) is 9.03. The van der Waals surface area contributed by atoms with E-state index in [4.69, 9.17) is 10.2 Å². The molecule has 0 atom stereocenters. The molecule has 0 amide bonds. The number of hydrogen-bond acceptors (Lipinski definition) is 4. The first-order chi connectivity index (χ1) is 8.52. The lowest BCUT2D eigenvalue weighted by molar-refractivity contribution is -0.137. The van der Waals surface area contributed by atoms with E-state index in [0.29, 0.717) is 10.9 Å². The molecular formula is C11H8N2O5. The molecule has 0 fully saturated rings. The number of hydrogen-bond donors (Lipinski definition) is 2. The molecule has 1 heterocycles. The van der Waals surface area contributed by atoms with E-state index in [0.717, 1.165) is 4.57 Å². The second-order valence-electron chi connectivity index (χ2n) is 3.65. The Hall–Kier alpha value is -2.70. The van der Waals surface area contributed by atoms with Crippen LogP contribution in [0.3, 0.4) is 0 Å². The third-order valence-electron chi connectivity index (χ3n) is 2.50. The summed E-state index contributed by atoms with van der Waals surface area (Å²) in [6.45, 7) is -0.459. The van der Waals surface area contributed by atoms with Crippen LogP contribution in [0.15, 0.2) is 29.4 Å². The maximum Gasteiger partial charge on any atom is 0.352 e. The van der Waals surface area contributed by atoms with Gasteiger partial charge in [0.25, 0.3) is 0 Å². The summed E-state index contributed by atoms with van der Waals surface area (Å²) in [6, 6.07) is 5.60. The van der Waals surface area contributed by atoms with Crippen molar-refractivity contribution >= 4 is 28.5 Å². The number of aromatic nitrogens is 1. The number of carbonyl (C=O) groups is 2. The van der Waals surface area contributed by atoms with Gasteiger partial charge in [0.15, 0.2) is 0 Å². The summed E-state index contributed by atoms with van der Waals surface area (Å²) < 4.78 is 1.16. The van der Waals surface area contributed by atoms with E-state index in [2.05, 4.69) is 5.18 Å². The highest BCUT2D eigenvalue weighted by Crippen LogP contribution is 2.25. The van der Waals surface area contributed by atoms with Crippen molar-refractivity contribution in [1.29, 1.82) is 0 Å². The Bertz CT molecular complexity index is 659. The third kappa shape index (κ3) is 1.93. The van der Waals surface area contributed by atoms with Gasteiger partial charge in [0.05, 0.1) is 0 Å². The minimum absolute atomic E-state index is 0.143. The lowest BCUT2D eigenvalue weighted by Crippen LogP contribution is -2.14. The zero-order chi connectivity index (χ0) is 13.3. The Labute approximate surface area is 100 Å². The lowest BCUT2D eigenvalue weighted by atomic mass is 10.2. The fourth-order valence-corrected chi connectivity index (χ4v) is 1.80.